The maximum Gasteiger partial charge on any atom is 0.295 e. The first kappa shape index (κ1) is 22.6. The lowest BCUT2D eigenvalue weighted by atomic mass is 9.95. The number of rotatable bonds is 8. The van der Waals surface area contributed by atoms with Gasteiger partial charge in [-0.1, -0.05) is 28.1 Å². The highest BCUT2D eigenvalue weighted by Gasteiger charge is 2.45. The standard InChI is InChI=1S/C21H19BrN2O7/c22-15-5-1-13(2-6-15)18-17(19(26)14-3-7-16(8-4-14)24(29)30)20(27)21(28)23(18)9-11-31-12-10-25/h1-8,18,25-26H,9-12H2. The summed E-state index contributed by atoms with van der Waals surface area (Å²) in [5.74, 6) is -2.06. The first-order valence-electron chi connectivity index (χ1n) is 9.32. The Balaban J connectivity index is 2.05. The number of non-ortho nitro benzene ring substituents is 1. The van der Waals surface area contributed by atoms with Gasteiger partial charge in [0.05, 0.1) is 36.4 Å². The molecular weight excluding hydrogens is 472 g/mol. The Hall–Kier alpha value is -3.08. The summed E-state index contributed by atoms with van der Waals surface area (Å²) in [7, 11) is 0. The summed E-state index contributed by atoms with van der Waals surface area (Å²) in [5.41, 5.74) is 0.515. The molecule has 0 aromatic heterocycles. The van der Waals surface area contributed by atoms with Crippen LogP contribution in [0.3, 0.4) is 0 Å². The molecule has 1 fully saturated rings. The predicted octanol–water partition coefficient (Wildman–Crippen LogP) is 2.79. The van der Waals surface area contributed by atoms with Crippen LogP contribution < -0.4 is 0 Å². The second-order valence-electron chi connectivity index (χ2n) is 6.68. The molecule has 10 heteroatoms. The normalized spacial score (nSPS) is 17.9. The number of carbonyl (C=O) groups excluding carboxylic acids is 2. The van der Waals surface area contributed by atoms with E-state index in [1.54, 1.807) is 24.3 Å². The number of hydrogen-bond donors (Lipinski definition) is 2. The van der Waals surface area contributed by atoms with Crippen molar-refractivity contribution in [2.24, 2.45) is 0 Å². The van der Waals surface area contributed by atoms with Crippen LogP contribution in [0.2, 0.25) is 0 Å². The number of carbonyl (C=O) groups is 2. The molecule has 9 nitrogen and oxygen atoms in total. The van der Waals surface area contributed by atoms with E-state index in [0.29, 0.717) is 5.56 Å². The predicted molar refractivity (Wildman–Crippen MR) is 114 cm³/mol. The van der Waals surface area contributed by atoms with Crippen LogP contribution in [0.1, 0.15) is 17.2 Å². The minimum absolute atomic E-state index is 0.0718. The Morgan fingerprint density at radius 1 is 1.10 bits per heavy atom. The molecule has 0 aliphatic carbocycles. The Morgan fingerprint density at radius 3 is 2.32 bits per heavy atom. The van der Waals surface area contributed by atoms with Crippen LogP contribution in [-0.2, 0) is 14.3 Å². The molecule has 0 spiro atoms. The van der Waals surface area contributed by atoms with E-state index in [9.17, 15) is 24.8 Å². The summed E-state index contributed by atoms with van der Waals surface area (Å²) in [4.78, 5) is 37.2. The third-order valence-electron chi connectivity index (χ3n) is 4.79. The summed E-state index contributed by atoms with van der Waals surface area (Å²) in [6, 6.07) is 11.2. The number of halogens is 1. The van der Waals surface area contributed by atoms with Gasteiger partial charge in [0, 0.05) is 28.7 Å². The lowest BCUT2D eigenvalue weighted by Gasteiger charge is -2.25. The fourth-order valence-corrected chi connectivity index (χ4v) is 3.59. The molecule has 2 aromatic rings. The molecule has 2 aromatic carbocycles. The number of nitro benzene ring substituents is 1. The minimum atomic E-state index is -0.860. The van der Waals surface area contributed by atoms with Gasteiger partial charge in [0.2, 0.25) is 0 Å². The van der Waals surface area contributed by atoms with Crippen molar-refractivity contribution >= 4 is 39.1 Å². The van der Waals surface area contributed by atoms with Crippen LogP contribution in [0.25, 0.3) is 5.76 Å². The molecule has 31 heavy (non-hydrogen) atoms. The molecule has 0 radical (unpaired) electrons. The molecule has 1 atom stereocenters. The maximum atomic E-state index is 12.8. The zero-order chi connectivity index (χ0) is 22.5. The molecule has 0 saturated carbocycles. The lowest BCUT2D eigenvalue weighted by Crippen LogP contribution is -2.33. The van der Waals surface area contributed by atoms with Gasteiger partial charge in [0.25, 0.3) is 17.4 Å². The van der Waals surface area contributed by atoms with Crippen LogP contribution in [-0.4, -0.2) is 58.1 Å². The summed E-state index contributed by atoms with van der Waals surface area (Å²) >= 11 is 3.34. The maximum absolute atomic E-state index is 12.8. The smallest absolute Gasteiger partial charge is 0.295 e. The van der Waals surface area contributed by atoms with Crippen LogP contribution in [0, 0.1) is 10.1 Å². The lowest BCUT2D eigenvalue weighted by molar-refractivity contribution is -0.384. The molecular formula is C21H19BrN2O7. The van der Waals surface area contributed by atoms with Gasteiger partial charge in [-0.25, -0.2) is 0 Å². The second kappa shape index (κ2) is 9.82. The highest BCUT2D eigenvalue weighted by atomic mass is 79.9. The van der Waals surface area contributed by atoms with Crippen molar-refractivity contribution in [1.29, 1.82) is 0 Å². The molecule has 1 saturated heterocycles. The molecule has 1 aliphatic heterocycles. The molecule has 0 bridgehead atoms. The van der Waals surface area contributed by atoms with E-state index in [-0.39, 0.29) is 43.2 Å². The number of Topliss-reactive ketones (excluding diaryl/α,β-unsaturated/α-hetero) is 1. The molecule has 162 valence electrons. The van der Waals surface area contributed by atoms with Crippen molar-refractivity contribution in [2.45, 2.75) is 6.04 Å². The number of likely N-dealkylation sites (tertiary alicyclic amines) is 1. The summed E-state index contributed by atoms with van der Waals surface area (Å²) in [6.45, 7) is 0.0886. The van der Waals surface area contributed by atoms with Crippen molar-refractivity contribution in [3.05, 3.63) is 79.8 Å². The number of aliphatic hydroxyl groups excluding tert-OH is 2. The average Bonchev–Trinajstić information content (AvgIpc) is 3.01. The SMILES string of the molecule is O=C1C(=O)N(CCOCCO)C(c2ccc(Br)cc2)C1=C(O)c1ccc([N+](=O)[O-])cc1. The third kappa shape index (κ3) is 4.82. The zero-order valence-corrected chi connectivity index (χ0v) is 17.8. The van der Waals surface area contributed by atoms with Crippen LogP contribution in [0.15, 0.2) is 58.6 Å². The van der Waals surface area contributed by atoms with Gasteiger partial charge in [0.1, 0.15) is 5.76 Å². The molecule has 3 rings (SSSR count). The largest absolute Gasteiger partial charge is 0.507 e. The Kier molecular flexibility index (Phi) is 7.16. The van der Waals surface area contributed by atoms with E-state index in [2.05, 4.69) is 15.9 Å². The van der Waals surface area contributed by atoms with E-state index in [1.165, 1.54) is 29.2 Å². The molecule has 1 heterocycles. The van der Waals surface area contributed by atoms with Gasteiger partial charge >= 0.3 is 0 Å². The van der Waals surface area contributed by atoms with E-state index in [4.69, 9.17) is 9.84 Å². The first-order chi connectivity index (χ1) is 14.8. The zero-order valence-electron chi connectivity index (χ0n) is 16.2. The van der Waals surface area contributed by atoms with Gasteiger partial charge in [-0.2, -0.15) is 0 Å². The van der Waals surface area contributed by atoms with E-state index in [0.717, 1.165) is 4.47 Å². The monoisotopic (exact) mass is 490 g/mol. The molecule has 2 N–H and O–H groups in total. The topological polar surface area (TPSA) is 130 Å². The van der Waals surface area contributed by atoms with E-state index >= 15 is 0 Å². The van der Waals surface area contributed by atoms with E-state index in [1.807, 2.05) is 0 Å². The van der Waals surface area contributed by atoms with Crippen molar-refractivity contribution in [3.63, 3.8) is 0 Å². The van der Waals surface area contributed by atoms with E-state index < -0.39 is 28.4 Å². The number of benzene rings is 2. The van der Waals surface area contributed by atoms with Gasteiger partial charge in [-0.05, 0) is 29.8 Å². The average molecular weight is 491 g/mol. The number of hydrogen-bond acceptors (Lipinski definition) is 7. The van der Waals surface area contributed by atoms with Crippen LogP contribution >= 0.6 is 15.9 Å². The third-order valence-corrected chi connectivity index (χ3v) is 5.32. The fourth-order valence-electron chi connectivity index (χ4n) is 3.33. The van der Waals surface area contributed by atoms with Gasteiger partial charge in [-0.3, -0.25) is 19.7 Å². The van der Waals surface area contributed by atoms with Crippen LogP contribution in [0.5, 0.6) is 0 Å². The number of ketones is 1. The van der Waals surface area contributed by atoms with Gasteiger partial charge in [0.15, 0.2) is 0 Å². The van der Waals surface area contributed by atoms with Crippen molar-refractivity contribution in [2.75, 3.05) is 26.4 Å². The number of ether oxygens (including phenoxy) is 1. The number of nitrogens with zero attached hydrogens (tertiary/aromatic N) is 2. The van der Waals surface area contributed by atoms with Crippen molar-refractivity contribution in [3.8, 4) is 0 Å². The minimum Gasteiger partial charge on any atom is -0.507 e. The second-order valence-corrected chi connectivity index (χ2v) is 7.60. The summed E-state index contributed by atoms with van der Waals surface area (Å²) in [6.07, 6.45) is 0. The fraction of sp³-hybridized carbons (Fsp3) is 0.238. The molecule has 1 aliphatic rings. The quantitative estimate of drug-likeness (QED) is 0.145. The Labute approximate surface area is 185 Å². The molecule has 1 unspecified atom stereocenters. The number of amides is 1. The van der Waals surface area contributed by atoms with Gasteiger partial charge in [-0.15, -0.1) is 0 Å². The Bertz CT molecular complexity index is 1020. The highest BCUT2D eigenvalue weighted by Crippen LogP contribution is 2.39. The van der Waals surface area contributed by atoms with Gasteiger partial charge < -0.3 is 19.8 Å². The van der Waals surface area contributed by atoms with Crippen molar-refractivity contribution < 1.29 is 29.5 Å². The Morgan fingerprint density at radius 2 is 1.74 bits per heavy atom. The molecule has 1 amide bonds. The van der Waals surface area contributed by atoms with Crippen LogP contribution in [0.4, 0.5) is 5.69 Å². The highest BCUT2D eigenvalue weighted by molar-refractivity contribution is 9.10. The van der Waals surface area contributed by atoms with Crippen molar-refractivity contribution in [1.82, 2.24) is 4.90 Å². The summed E-state index contributed by atoms with van der Waals surface area (Å²) < 4.78 is 6.04. The number of aliphatic hydroxyl groups is 2. The summed E-state index contributed by atoms with van der Waals surface area (Å²) in [5, 5.41) is 30.6. The first-order valence-corrected chi connectivity index (χ1v) is 10.1. The number of nitro groups is 1.